The van der Waals surface area contributed by atoms with Crippen molar-refractivity contribution in [3.63, 3.8) is 0 Å². The van der Waals surface area contributed by atoms with Gasteiger partial charge >= 0.3 is 0 Å². The quantitative estimate of drug-likeness (QED) is 0.640. The summed E-state index contributed by atoms with van der Waals surface area (Å²) in [6.07, 6.45) is 1.15. The first-order valence-corrected chi connectivity index (χ1v) is 9.53. The molecule has 3 rings (SSSR count). The molecule has 1 heterocycles. The lowest BCUT2D eigenvalue weighted by Gasteiger charge is -2.14. The Kier molecular flexibility index (Phi) is 6.67. The number of nitrogens with one attached hydrogen (secondary N) is 2. The summed E-state index contributed by atoms with van der Waals surface area (Å²) in [5.74, 6) is -1.24. The summed E-state index contributed by atoms with van der Waals surface area (Å²) in [6, 6.07) is 14.5. The molecule has 8 heteroatoms. The lowest BCUT2D eigenvalue weighted by Crippen LogP contribution is -2.29. The van der Waals surface area contributed by atoms with Gasteiger partial charge in [-0.25, -0.2) is 14.4 Å². The third-order valence-electron chi connectivity index (χ3n) is 4.70. The molecule has 0 spiro atoms. The molecule has 0 aliphatic rings. The van der Waals surface area contributed by atoms with E-state index in [2.05, 4.69) is 20.6 Å². The van der Waals surface area contributed by atoms with Gasteiger partial charge in [0.1, 0.15) is 23.5 Å². The van der Waals surface area contributed by atoms with Crippen LogP contribution >= 0.6 is 0 Å². The van der Waals surface area contributed by atoms with Crippen molar-refractivity contribution in [2.45, 2.75) is 26.4 Å². The summed E-state index contributed by atoms with van der Waals surface area (Å²) in [5, 5.41) is 14.4. The lowest BCUT2D eigenvalue weighted by molar-refractivity contribution is 0.0934. The zero-order chi connectivity index (χ0) is 22.4. The van der Waals surface area contributed by atoms with Gasteiger partial charge in [0.15, 0.2) is 0 Å². The molecule has 0 radical (unpaired) electrons. The van der Waals surface area contributed by atoms with Crippen LogP contribution in [0.25, 0.3) is 0 Å². The van der Waals surface area contributed by atoms with E-state index in [1.165, 1.54) is 12.1 Å². The average molecular weight is 417 g/mol. The number of aryl methyl sites for hydroxylation is 1. The molecule has 0 aliphatic carbocycles. The van der Waals surface area contributed by atoms with Crippen molar-refractivity contribution in [1.82, 2.24) is 20.6 Å². The SMILES string of the molecule is Cc1cc(CNC(=O)c2cc(C(=O)N[C@@H](C)c3ccc(C#N)cc3)ncn2)ccc1F. The second-order valence-electron chi connectivity index (χ2n) is 6.98. The Bertz CT molecular complexity index is 1160. The van der Waals surface area contributed by atoms with E-state index in [1.807, 2.05) is 6.07 Å². The predicted octanol–water partition coefficient (Wildman–Crippen LogP) is 3.22. The maximum Gasteiger partial charge on any atom is 0.270 e. The van der Waals surface area contributed by atoms with Gasteiger partial charge in [0.25, 0.3) is 11.8 Å². The van der Waals surface area contributed by atoms with Crippen LogP contribution < -0.4 is 10.6 Å². The summed E-state index contributed by atoms with van der Waals surface area (Å²) in [7, 11) is 0. The molecule has 0 saturated heterocycles. The average Bonchev–Trinajstić information content (AvgIpc) is 2.79. The molecular weight excluding hydrogens is 397 g/mol. The molecule has 1 atom stereocenters. The molecule has 2 N–H and O–H groups in total. The van der Waals surface area contributed by atoms with Gasteiger partial charge in [0.05, 0.1) is 17.7 Å². The van der Waals surface area contributed by atoms with E-state index in [0.717, 1.165) is 17.5 Å². The van der Waals surface area contributed by atoms with Crippen molar-refractivity contribution in [3.05, 3.63) is 94.3 Å². The van der Waals surface area contributed by atoms with Crippen molar-refractivity contribution in [2.75, 3.05) is 0 Å². The minimum absolute atomic E-state index is 0.0463. The summed E-state index contributed by atoms with van der Waals surface area (Å²) in [5.41, 5.74) is 2.70. The number of carbonyl (C=O) groups excluding carboxylic acids is 2. The highest BCUT2D eigenvalue weighted by atomic mass is 19.1. The standard InChI is InChI=1S/C23H20FN5O2/c1-14-9-17(5-8-19(14)24)12-26-22(30)20-10-21(28-13-27-20)23(31)29-15(2)18-6-3-16(11-25)4-7-18/h3-10,13,15H,12H2,1-2H3,(H,26,30)(H,29,31)/t15-/m0/s1. The van der Waals surface area contributed by atoms with Crippen LogP contribution in [0.4, 0.5) is 4.39 Å². The molecule has 0 saturated carbocycles. The van der Waals surface area contributed by atoms with Gasteiger partial charge in [0, 0.05) is 12.6 Å². The number of amides is 2. The fourth-order valence-electron chi connectivity index (χ4n) is 2.90. The fraction of sp³-hybridized carbons (Fsp3) is 0.174. The van der Waals surface area contributed by atoms with Crippen LogP contribution in [0, 0.1) is 24.1 Å². The number of carbonyl (C=O) groups is 2. The smallest absolute Gasteiger partial charge is 0.270 e. The summed E-state index contributed by atoms with van der Waals surface area (Å²) < 4.78 is 13.4. The van der Waals surface area contributed by atoms with Crippen molar-refractivity contribution in [2.24, 2.45) is 0 Å². The molecule has 3 aromatic rings. The number of hydrogen-bond donors (Lipinski definition) is 2. The second kappa shape index (κ2) is 9.59. The molecule has 0 unspecified atom stereocenters. The van der Waals surface area contributed by atoms with Crippen molar-refractivity contribution in [3.8, 4) is 6.07 Å². The number of aromatic nitrogens is 2. The van der Waals surface area contributed by atoms with Crippen LogP contribution in [-0.4, -0.2) is 21.8 Å². The zero-order valence-electron chi connectivity index (χ0n) is 17.0. The first kappa shape index (κ1) is 21.6. The topological polar surface area (TPSA) is 108 Å². The van der Waals surface area contributed by atoms with E-state index in [9.17, 15) is 14.0 Å². The number of rotatable bonds is 6. The number of benzene rings is 2. The maximum atomic E-state index is 13.4. The third-order valence-corrected chi connectivity index (χ3v) is 4.70. The van der Waals surface area contributed by atoms with E-state index in [-0.39, 0.29) is 29.8 Å². The van der Waals surface area contributed by atoms with Gasteiger partial charge in [-0.2, -0.15) is 5.26 Å². The van der Waals surface area contributed by atoms with Gasteiger partial charge in [-0.1, -0.05) is 24.3 Å². The molecular formula is C23H20FN5O2. The van der Waals surface area contributed by atoms with Crippen molar-refractivity contribution in [1.29, 1.82) is 5.26 Å². The highest BCUT2D eigenvalue weighted by Crippen LogP contribution is 2.14. The van der Waals surface area contributed by atoms with E-state index in [1.54, 1.807) is 50.2 Å². The fourth-order valence-corrected chi connectivity index (χ4v) is 2.90. The largest absolute Gasteiger partial charge is 0.347 e. The second-order valence-corrected chi connectivity index (χ2v) is 6.98. The Morgan fingerprint density at radius 2 is 1.74 bits per heavy atom. The molecule has 2 aromatic carbocycles. The third kappa shape index (κ3) is 5.48. The molecule has 0 bridgehead atoms. The first-order valence-electron chi connectivity index (χ1n) is 9.53. The minimum Gasteiger partial charge on any atom is -0.347 e. The van der Waals surface area contributed by atoms with Crippen LogP contribution in [-0.2, 0) is 6.54 Å². The predicted molar refractivity (Wildman–Crippen MR) is 111 cm³/mol. The highest BCUT2D eigenvalue weighted by Gasteiger charge is 2.16. The summed E-state index contributed by atoms with van der Waals surface area (Å²) in [4.78, 5) is 32.8. The Hall–Kier alpha value is -4.12. The van der Waals surface area contributed by atoms with Crippen LogP contribution in [0.1, 0.15) is 56.2 Å². The molecule has 2 amide bonds. The normalized spacial score (nSPS) is 11.3. The Balaban J connectivity index is 1.64. The summed E-state index contributed by atoms with van der Waals surface area (Å²) >= 11 is 0. The Labute approximate surface area is 179 Å². The van der Waals surface area contributed by atoms with Crippen molar-refractivity contribution >= 4 is 11.8 Å². The van der Waals surface area contributed by atoms with Gasteiger partial charge in [-0.05, 0) is 48.7 Å². The Morgan fingerprint density at radius 1 is 1.06 bits per heavy atom. The van der Waals surface area contributed by atoms with Gasteiger partial charge < -0.3 is 10.6 Å². The van der Waals surface area contributed by atoms with Gasteiger partial charge in [0.2, 0.25) is 0 Å². The minimum atomic E-state index is -0.474. The zero-order valence-corrected chi connectivity index (χ0v) is 17.0. The van der Waals surface area contributed by atoms with Crippen LogP contribution in [0.2, 0.25) is 0 Å². The van der Waals surface area contributed by atoms with E-state index in [4.69, 9.17) is 5.26 Å². The molecule has 1 aromatic heterocycles. The highest BCUT2D eigenvalue weighted by molar-refractivity contribution is 5.97. The van der Waals surface area contributed by atoms with Gasteiger partial charge in [-0.15, -0.1) is 0 Å². The summed E-state index contributed by atoms with van der Waals surface area (Å²) in [6.45, 7) is 3.65. The monoisotopic (exact) mass is 417 g/mol. The van der Waals surface area contributed by atoms with Gasteiger partial charge in [-0.3, -0.25) is 9.59 Å². The Morgan fingerprint density at radius 3 is 2.39 bits per heavy atom. The van der Waals surface area contributed by atoms with E-state index >= 15 is 0 Å². The maximum absolute atomic E-state index is 13.4. The number of halogens is 1. The first-order chi connectivity index (χ1) is 14.9. The van der Waals surface area contributed by atoms with E-state index in [0.29, 0.717) is 11.1 Å². The molecule has 0 aliphatic heterocycles. The lowest BCUT2D eigenvalue weighted by atomic mass is 10.1. The van der Waals surface area contributed by atoms with Crippen LogP contribution in [0.3, 0.4) is 0 Å². The molecule has 0 fully saturated rings. The number of nitrogens with zero attached hydrogens (tertiary/aromatic N) is 3. The van der Waals surface area contributed by atoms with Crippen molar-refractivity contribution < 1.29 is 14.0 Å². The van der Waals surface area contributed by atoms with E-state index < -0.39 is 11.8 Å². The number of nitriles is 1. The van der Waals surface area contributed by atoms with Crippen LogP contribution in [0.5, 0.6) is 0 Å². The molecule has 7 nitrogen and oxygen atoms in total. The van der Waals surface area contributed by atoms with Crippen LogP contribution in [0.15, 0.2) is 54.9 Å². The number of hydrogen-bond acceptors (Lipinski definition) is 5. The molecule has 156 valence electrons. The molecule has 31 heavy (non-hydrogen) atoms.